The number of nitrogens with one attached hydrogen (secondary N) is 1. The molecule has 4 aromatic rings. The smallest absolute Gasteiger partial charge is 0.275 e. The standard InChI is InChI=1S/C25H22N4O4/c1-16-12-20(17(2)28(16)21-8-10-22(11-9-21)29(31)32)15-26-27-25(30)23-13-18-6-4-5-7-19(18)14-24(23)33-3/h4-15H,1-3H3,(H,27,30). The van der Waals surface area contributed by atoms with Crippen molar-refractivity contribution in [2.45, 2.75) is 13.8 Å². The molecule has 0 fully saturated rings. The molecule has 0 aliphatic carbocycles. The number of non-ortho nitro benzene ring substituents is 1. The lowest BCUT2D eigenvalue weighted by Crippen LogP contribution is -2.18. The third kappa shape index (κ3) is 4.31. The molecule has 0 saturated heterocycles. The van der Waals surface area contributed by atoms with Gasteiger partial charge in [-0.1, -0.05) is 24.3 Å². The maximum atomic E-state index is 12.8. The summed E-state index contributed by atoms with van der Waals surface area (Å²) in [6.07, 6.45) is 1.58. The lowest BCUT2D eigenvalue weighted by atomic mass is 10.1. The topological polar surface area (TPSA) is 98.8 Å². The molecule has 0 spiro atoms. The Morgan fingerprint density at radius 3 is 2.36 bits per heavy atom. The zero-order valence-corrected chi connectivity index (χ0v) is 18.4. The van der Waals surface area contributed by atoms with E-state index in [9.17, 15) is 14.9 Å². The van der Waals surface area contributed by atoms with E-state index in [-0.39, 0.29) is 11.6 Å². The van der Waals surface area contributed by atoms with E-state index in [1.54, 1.807) is 24.4 Å². The van der Waals surface area contributed by atoms with Crippen LogP contribution in [0.1, 0.15) is 27.3 Å². The van der Waals surface area contributed by atoms with Crippen LogP contribution in [0.4, 0.5) is 5.69 Å². The molecule has 3 aromatic carbocycles. The molecule has 0 radical (unpaired) electrons. The van der Waals surface area contributed by atoms with Crippen molar-refractivity contribution in [3.8, 4) is 11.4 Å². The lowest BCUT2D eigenvalue weighted by Gasteiger charge is -2.09. The van der Waals surface area contributed by atoms with Gasteiger partial charge in [0.25, 0.3) is 11.6 Å². The number of benzene rings is 3. The SMILES string of the molecule is COc1cc2ccccc2cc1C(=O)NN=Cc1cc(C)n(-c2ccc([N+](=O)[O-])cc2)c1C. The van der Waals surface area contributed by atoms with E-state index in [0.29, 0.717) is 11.3 Å². The number of aryl methyl sites for hydroxylation is 1. The number of nitro benzene ring substituents is 1. The molecule has 1 amide bonds. The van der Waals surface area contributed by atoms with Gasteiger partial charge in [-0.25, -0.2) is 5.43 Å². The van der Waals surface area contributed by atoms with E-state index in [1.165, 1.54) is 19.2 Å². The average molecular weight is 442 g/mol. The predicted molar refractivity (Wildman–Crippen MR) is 127 cm³/mol. The summed E-state index contributed by atoms with van der Waals surface area (Å²) in [6.45, 7) is 3.86. The van der Waals surface area contributed by atoms with Gasteiger partial charge in [0.1, 0.15) is 5.75 Å². The molecule has 8 nitrogen and oxygen atoms in total. The number of carbonyl (C=O) groups is 1. The molecule has 33 heavy (non-hydrogen) atoms. The fourth-order valence-corrected chi connectivity index (χ4v) is 3.83. The second-order valence-electron chi connectivity index (χ2n) is 7.53. The Balaban J connectivity index is 1.56. The summed E-state index contributed by atoms with van der Waals surface area (Å²) < 4.78 is 7.36. The number of nitro groups is 1. The Morgan fingerprint density at radius 2 is 1.73 bits per heavy atom. The molecule has 0 atom stereocenters. The molecule has 4 rings (SSSR count). The van der Waals surface area contributed by atoms with Gasteiger partial charge in [0, 0.05) is 34.8 Å². The van der Waals surface area contributed by atoms with Crippen LogP contribution in [-0.2, 0) is 0 Å². The zero-order valence-electron chi connectivity index (χ0n) is 18.4. The molecule has 0 aliphatic rings. The van der Waals surface area contributed by atoms with Gasteiger partial charge in [-0.15, -0.1) is 0 Å². The van der Waals surface area contributed by atoms with Gasteiger partial charge < -0.3 is 9.30 Å². The van der Waals surface area contributed by atoms with Crippen molar-refractivity contribution in [3.63, 3.8) is 0 Å². The summed E-state index contributed by atoms with van der Waals surface area (Å²) in [7, 11) is 1.53. The van der Waals surface area contributed by atoms with Crippen LogP contribution in [0.25, 0.3) is 16.5 Å². The summed E-state index contributed by atoms with van der Waals surface area (Å²) in [4.78, 5) is 23.2. The van der Waals surface area contributed by atoms with E-state index < -0.39 is 4.92 Å². The van der Waals surface area contributed by atoms with Gasteiger partial charge in [0.05, 0.1) is 23.8 Å². The first-order chi connectivity index (χ1) is 15.9. The maximum absolute atomic E-state index is 12.8. The second kappa shape index (κ2) is 8.96. The van der Waals surface area contributed by atoms with Gasteiger partial charge in [0.2, 0.25) is 0 Å². The van der Waals surface area contributed by atoms with Crippen molar-refractivity contribution < 1.29 is 14.5 Å². The number of amides is 1. The average Bonchev–Trinajstić information content (AvgIpc) is 3.10. The number of hydrazone groups is 1. The minimum absolute atomic E-state index is 0.0369. The van der Waals surface area contributed by atoms with Gasteiger partial charge >= 0.3 is 0 Å². The second-order valence-corrected chi connectivity index (χ2v) is 7.53. The first-order valence-electron chi connectivity index (χ1n) is 10.2. The quantitative estimate of drug-likeness (QED) is 0.260. The molecule has 0 bridgehead atoms. The molecule has 1 heterocycles. The van der Waals surface area contributed by atoms with E-state index in [4.69, 9.17) is 4.74 Å². The number of ether oxygens (including phenoxy) is 1. The fourth-order valence-electron chi connectivity index (χ4n) is 3.83. The van der Waals surface area contributed by atoms with Gasteiger partial charge in [-0.2, -0.15) is 5.10 Å². The Bertz CT molecular complexity index is 1390. The highest BCUT2D eigenvalue weighted by Crippen LogP contribution is 2.26. The third-order valence-electron chi connectivity index (χ3n) is 5.47. The van der Waals surface area contributed by atoms with Crippen molar-refractivity contribution in [2.75, 3.05) is 7.11 Å². The van der Waals surface area contributed by atoms with Crippen LogP contribution in [0.5, 0.6) is 5.75 Å². The van der Waals surface area contributed by atoms with Crippen molar-refractivity contribution in [3.05, 3.63) is 99.4 Å². The first kappa shape index (κ1) is 21.8. The largest absolute Gasteiger partial charge is 0.496 e. The van der Waals surface area contributed by atoms with Crippen molar-refractivity contribution in [1.82, 2.24) is 9.99 Å². The van der Waals surface area contributed by atoms with E-state index >= 15 is 0 Å². The van der Waals surface area contributed by atoms with Crippen LogP contribution < -0.4 is 10.2 Å². The Morgan fingerprint density at radius 1 is 1.06 bits per heavy atom. The Kier molecular flexibility index (Phi) is 5.91. The Hall–Kier alpha value is -4.46. The van der Waals surface area contributed by atoms with Crippen molar-refractivity contribution in [2.24, 2.45) is 5.10 Å². The molecule has 166 valence electrons. The molecule has 1 N–H and O–H groups in total. The van der Waals surface area contributed by atoms with Crippen LogP contribution in [0.15, 0.2) is 71.8 Å². The molecule has 0 saturated carbocycles. The summed E-state index contributed by atoms with van der Waals surface area (Å²) in [5.41, 5.74) is 6.45. The highest BCUT2D eigenvalue weighted by Gasteiger charge is 2.14. The minimum Gasteiger partial charge on any atom is -0.496 e. The number of hydrogen-bond acceptors (Lipinski definition) is 5. The molecule has 0 unspecified atom stereocenters. The Labute approximate surface area is 190 Å². The van der Waals surface area contributed by atoms with Gasteiger partial charge in [-0.05, 0) is 55.0 Å². The molecular formula is C25H22N4O4. The van der Waals surface area contributed by atoms with Crippen LogP contribution in [-0.4, -0.2) is 28.7 Å². The summed E-state index contributed by atoms with van der Waals surface area (Å²) in [5, 5.41) is 17.0. The maximum Gasteiger partial charge on any atom is 0.275 e. The zero-order chi connectivity index (χ0) is 23.5. The number of hydrogen-bond donors (Lipinski definition) is 1. The molecule has 8 heteroatoms. The van der Waals surface area contributed by atoms with Crippen LogP contribution in [0.2, 0.25) is 0 Å². The highest BCUT2D eigenvalue weighted by atomic mass is 16.6. The van der Waals surface area contributed by atoms with Crippen molar-refractivity contribution >= 4 is 28.6 Å². The van der Waals surface area contributed by atoms with Crippen LogP contribution in [0.3, 0.4) is 0 Å². The summed E-state index contributed by atoms with van der Waals surface area (Å²) in [5.74, 6) is 0.0933. The molecule has 1 aromatic heterocycles. The molecule has 0 aliphatic heterocycles. The predicted octanol–water partition coefficient (Wildman–Crippen LogP) is 4.93. The highest BCUT2D eigenvalue weighted by molar-refractivity contribution is 6.02. The molecular weight excluding hydrogens is 420 g/mol. The number of fused-ring (bicyclic) bond motifs is 1. The summed E-state index contributed by atoms with van der Waals surface area (Å²) >= 11 is 0. The van der Waals surface area contributed by atoms with Crippen LogP contribution >= 0.6 is 0 Å². The number of aromatic nitrogens is 1. The summed E-state index contributed by atoms with van der Waals surface area (Å²) in [6, 6.07) is 19.6. The number of nitrogens with zero attached hydrogens (tertiary/aromatic N) is 3. The van der Waals surface area contributed by atoms with Crippen LogP contribution in [0, 0.1) is 24.0 Å². The fraction of sp³-hybridized carbons (Fsp3) is 0.120. The van der Waals surface area contributed by atoms with E-state index in [0.717, 1.165) is 33.4 Å². The van der Waals surface area contributed by atoms with Crippen molar-refractivity contribution in [1.29, 1.82) is 0 Å². The lowest BCUT2D eigenvalue weighted by molar-refractivity contribution is -0.384. The van der Waals surface area contributed by atoms with E-state index in [1.807, 2.05) is 54.8 Å². The number of rotatable bonds is 6. The third-order valence-corrected chi connectivity index (χ3v) is 5.47. The van der Waals surface area contributed by atoms with E-state index in [2.05, 4.69) is 10.5 Å². The van der Waals surface area contributed by atoms with Gasteiger partial charge in [0.15, 0.2) is 0 Å². The minimum atomic E-state index is -0.426. The number of methoxy groups -OCH3 is 1. The normalized spacial score (nSPS) is 11.1. The monoisotopic (exact) mass is 442 g/mol. The number of carbonyl (C=O) groups excluding carboxylic acids is 1. The van der Waals surface area contributed by atoms with Gasteiger partial charge in [-0.3, -0.25) is 14.9 Å². The first-order valence-corrected chi connectivity index (χ1v) is 10.2.